The van der Waals surface area contributed by atoms with Gasteiger partial charge in [0.15, 0.2) is 0 Å². The van der Waals surface area contributed by atoms with Crippen LogP contribution in [0.15, 0.2) is 30.3 Å². The minimum atomic E-state index is -0.999. The van der Waals surface area contributed by atoms with Crippen LogP contribution in [0, 0.1) is 0 Å². The van der Waals surface area contributed by atoms with Crippen LogP contribution in [0.4, 0.5) is 4.79 Å². The normalized spacial score (nSPS) is 19.5. The van der Waals surface area contributed by atoms with Crippen molar-refractivity contribution in [1.82, 2.24) is 4.31 Å². The number of rotatable bonds is 4. The first kappa shape index (κ1) is 12.2. The second-order valence-corrected chi connectivity index (χ2v) is 4.40. The molecular formula is C11H13NO4S. The molecule has 1 aromatic carbocycles. The van der Waals surface area contributed by atoms with Crippen LogP contribution in [0.2, 0.25) is 0 Å². The summed E-state index contributed by atoms with van der Waals surface area (Å²) in [7, 11) is 0. The number of carboxylic acid groups (broad SMARTS) is 1. The number of nitrogens with zero attached hydrogens (tertiary/aromatic N) is 1. The molecule has 1 aliphatic rings. The maximum absolute atomic E-state index is 10.8. The molecule has 1 amide bonds. The smallest absolute Gasteiger partial charge is 0.419 e. The Labute approximate surface area is 104 Å². The number of hydrogen-bond acceptors (Lipinski definition) is 4. The van der Waals surface area contributed by atoms with Crippen LogP contribution >= 0.6 is 12.2 Å². The van der Waals surface area contributed by atoms with E-state index in [2.05, 4.69) is 0 Å². The van der Waals surface area contributed by atoms with Crippen LogP contribution in [-0.4, -0.2) is 34.8 Å². The van der Waals surface area contributed by atoms with Gasteiger partial charge in [0, 0.05) is 0 Å². The predicted molar refractivity (Wildman–Crippen MR) is 63.3 cm³/mol. The number of benzene rings is 1. The van der Waals surface area contributed by atoms with Gasteiger partial charge < -0.3 is 9.84 Å². The molecule has 1 fully saturated rings. The average molecular weight is 255 g/mol. The summed E-state index contributed by atoms with van der Waals surface area (Å²) in [5.41, 5.74) is 1.07. The first-order valence-electron chi connectivity index (χ1n) is 5.21. The Morgan fingerprint density at radius 3 is 3.00 bits per heavy atom. The summed E-state index contributed by atoms with van der Waals surface area (Å²) in [6.07, 6.45) is -0.999. The van der Waals surface area contributed by atoms with Gasteiger partial charge in [0.05, 0.1) is 25.9 Å². The highest BCUT2D eigenvalue weighted by Gasteiger charge is 2.31. The summed E-state index contributed by atoms with van der Waals surface area (Å²) in [4.78, 5) is 10.8. The third kappa shape index (κ3) is 3.36. The van der Waals surface area contributed by atoms with Gasteiger partial charge in [-0.1, -0.05) is 30.3 Å². The van der Waals surface area contributed by atoms with Crippen molar-refractivity contribution in [2.24, 2.45) is 0 Å². The Bertz CT molecular complexity index is 373. The molecule has 0 bridgehead atoms. The lowest BCUT2D eigenvalue weighted by Gasteiger charge is -2.16. The maximum atomic E-state index is 10.8. The molecule has 0 unspecified atom stereocenters. The zero-order chi connectivity index (χ0) is 12.1. The molecule has 0 spiro atoms. The Hall–Kier alpha value is -1.24. The molecule has 1 heterocycles. The second-order valence-electron chi connectivity index (χ2n) is 3.62. The molecule has 1 saturated heterocycles. The van der Waals surface area contributed by atoms with Crippen molar-refractivity contribution in [1.29, 1.82) is 0 Å². The first-order chi connectivity index (χ1) is 8.27. The molecule has 1 aromatic rings. The minimum Gasteiger partial charge on any atom is -0.464 e. The molecule has 17 heavy (non-hydrogen) atoms. The molecule has 0 aromatic heterocycles. The van der Waals surface area contributed by atoms with E-state index in [1.165, 1.54) is 4.31 Å². The highest BCUT2D eigenvalue weighted by Crippen LogP contribution is 2.24. The fraction of sp³-hybridized carbons (Fsp3) is 0.364. The van der Waals surface area contributed by atoms with Crippen molar-refractivity contribution in [3.8, 4) is 0 Å². The maximum Gasteiger partial charge on any atom is 0.419 e. The fourth-order valence-corrected chi connectivity index (χ4v) is 2.12. The number of hydrogen-bond donors (Lipinski definition) is 1. The summed E-state index contributed by atoms with van der Waals surface area (Å²) in [5.74, 6) is 0. The molecule has 92 valence electrons. The van der Waals surface area contributed by atoms with Crippen molar-refractivity contribution in [2.75, 3.05) is 13.2 Å². The fourth-order valence-electron chi connectivity index (χ4n) is 1.49. The Morgan fingerprint density at radius 1 is 1.53 bits per heavy atom. The van der Waals surface area contributed by atoms with Crippen LogP contribution < -0.4 is 0 Å². The van der Waals surface area contributed by atoms with E-state index in [1.807, 2.05) is 30.3 Å². The Balaban J connectivity index is 1.77. The van der Waals surface area contributed by atoms with Gasteiger partial charge in [-0.25, -0.2) is 9.10 Å². The lowest BCUT2D eigenvalue weighted by atomic mass is 10.2. The van der Waals surface area contributed by atoms with E-state index >= 15 is 0 Å². The highest BCUT2D eigenvalue weighted by molar-refractivity contribution is 7.93. The molecule has 2 rings (SSSR count). The SMILES string of the molecule is O=C(O)N1SOC[C@@H]1COCc1ccccc1. The molecule has 1 N–H and O–H groups in total. The molecule has 0 saturated carbocycles. The van der Waals surface area contributed by atoms with Gasteiger partial charge >= 0.3 is 6.09 Å². The third-order valence-corrected chi connectivity index (χ3v) is 3.19. The molecule has 0 radical (unpaired) electrons. The predicted octanol–water partition coefficient (Wildman–Crippen LogP) is 2.15. The van der Waals surface area contributed by atoms with Gasteiger partial charge in [-0.2, -0.15) is 0 Å². The molecule has 1 aliphatic heterocycles. The molecule has 5 nitrogen and oxygen atoms in total. The van der Waals surface area contributed by atoms with Crippen molar-refractivity contribution in [3.63, 3.8) is 0 Å². The van der Waals surface area contributed by atoms with E-state index in [1.54, 1.807) is 0 Å². The zero-order valence-corrected chi connectivity index (χ0v) is 9.93. The van der Waals surface area contributed by atoms with Gasteiger partial charge in [-0.05, 0) is 5.56 Å². The summed E-state index contributed by atoms with van der Waals surface area (Å²) in [5, 5.41) is 8.87. The van der Waals surface area contributed by atoms with Gasteiger partial charge in [0.25, 0.3) is 0 Å². The quantitative estimate of drug-likeness (QED) is 0.660. The summed E-state index contributed by atoms with van der Waals surface area (Å²) < 4.78 is 11.7. The van der Waals surface area contributed by atoms with E-state index in [-0.39, 0.29) is 6.04 Å². The number of amides is 1. The van der Waals surface area contributed by atoms with Gasteiger partial charge in [0.2, 0.25) is 0 Å². The molecule has 0 aliphatic carbocycles. The van der Waals surface area contributed by atoms with E-state index in [0.717, 1.165) is 17.8 Å². The first-order valence-corrected chi connectivity index (χ1v) is 5.90. The minimum absolute atomic E-state index is 0.235. The van der Waals surface area contributed by atoms with Crippen LogP contribution in [0.1, 0.15) is 5.56 Å². The largest absolute Gasteiger partial charge is 0.464 e. The van der Waals surface area contributed by atoms with Crippen molar-refractivity contribution >= 4 is 18.3 Å². The van der Waals surface area contributed by atoms with Gasteiger partial charge in [0.1, 0.15) is 12.2 Å². The van der Waals surface area contributed by atoms with Crippen molar-refractivity contribution in [2.45, 2.75) is 12.6 Å². The standard InChI is InChI=1S/C11H13NO4S/c13-11(14)12-10(8-16-17-12)7-15-6-9-4-2-1-3-5-9/h1-5,10H,6-8H2,(H,13,14)/t10-/m0/s1. The molecule has 1 atom stereocenters. The van der Waals surface area contributed by atoms with Crippen LogP contribution in [0.5, 0.6) is 0 Å². The number of ether oxygens (including phenoxy) is 1. The van der Waals surface area contributed by atoms with Crippen LogP contribution in [0.3, 0.4) is 0 Å². The van der Waals surface area contributed by atoms with Gasteiger partial charge in [-0.3, -0.25) is 4.18 Å². The van der Waals surface area contributed by atoms with E-state index in [4.69, 9.17) is 14.0 Å². The lowest BCUT2D eigenvalue weighted by Crippen LogP contribution is -2.34. The van der Waals surface area contributed by atoms with E-state index in [9.17, 15) is 4.79 Å². The summed E-state index contributed by atoms with van der Waals surface area (Å²) in [6, 6.07) is 9.52. The highest BCUT2D eigenvalue weighted by atomic mass is 32.2. The van der Waals surface area contributed by atoms with E-state index in [0.29, 0.717) is 19.8 Å². The average Bonchev–Trinajstić information content (AvgIpc) is 2.79. The lowest BCUT2D eigenvalue weighted by molar-refractivity contribution is 0.0753. The van der Waals surface area contributed by atoms with Crippen LogP contribution in [-0.2, 0) is 15.5 Å². The summed E-state index contributed by atoms with van der Waals surface area (Å²) in [6.45, 7) is 1.19. The summed E-state index contributed by atoms with van der Waals surface area (Å²) >= 11 is 0.859. The van der Waals surface area contributed by atoms with Crippen molar-refractivity contribution < 1.29 is 18.8 Å². The second kappa shape index (κ2) is 5.90. The topological polar surface area (TPSA) is 59.0 Å². The Kier molecular flexibility index (Phi) is 4.24. The third-order valence-electron chi connectivity index (χ3n) is 2.34. The Morgan fingerprint density at radius 2 is 2.29 bits per heavy atom. The van der Waals surface area contributed by atoms with E-state index < -0.39 is 6.09 Å². The molecule has 6 heteroatoms. The molecular weight excluding hydrogens is 242 g/mol. The van der Waals surface area contributed by atoms with Crippen LogP contribution in [0.25, 0.3) is 0 Å². The zero-order valence-electron chi connectivity index (χ0n) is 9.11. The van der Waals surface area contributed by atoms with Gasteiger partial charge in [-0.15, -0.1) is 0 Å². The number of carbonyl (C=O) groups is 1. The monoisotopic (exact) mass is 255 g/mol. The van der Waals surface area contributed by atoms with Crippen molar-refractivity contribution in [3.05, 3.63) is 35.9 Å².